The number of fused-ring (bicyclic) bond motifs is 1. The van der Waals surface area contributed by atoms with Crippen LogP contribution >= 0.6 is 11.3 Å². The Hall–Kier alpha value is -2.87. The molecule has 27 heavy (non-hydrogen) atoms. The van der Waals surface area contributed by atoms with Gasteiger partial charge in [0.05, 0.1) is 10.4 Å². The van der Waals surface area contributed by atoms with Crippen molar-refractivity contribution < 1.29 is 14.0 Å². The van der Waals surface area contributed by atoms with Crippen LogP contribution in [0.4, 0.5) is 4.39 Å². The molecule has 1 fully saturated rings. The molecule has 1 atom stereocenters. The first-order chi connectivity index (χ1) is 13.1. The summed E-state index contributed by atoms with van der Waals surface area (Å²) in [5.74, 6) is -1.08. The van der Waals surface area contributed by atoms with Gasteiger partial charge in [-0.05, 0) is 18.6 Å². The van der Waals surface area contributed by atoms with E-state index in [1.807, 2.05) is 0 Å². The van der Waals surface area contributed by atoms with Gasteiger partial charge in [-0.1, -0.05) is 12.1 Å². The molecule has 6 nitrogen and oxygen atoms in total. The smallest absolute Gasteiger partial charge is 0.261 e. The average molecular weight is 384 g/mol. The van der Waals surface area contributed by atoms with Crippen LogP contribution in [0.5, 0.6) is 0 Å². The molecular weight excluding hydrogens is 367 g/mol. The van der Waals surface area contributed by atoms with Crippen LogP contribution in [0.15, 0.2) is 36.7 Å². The molecule has 3 aromatic rings. The SMILES string of the molecule is CNC(=O)c1sc2nccnc2c1[C@H]1CCN(C(=O)c2ccccc2F)C1. The van der Waals surface area contributed by atoms with Crippen LogP contribution in [0, 0.1) is 5.82 Å². The predicted molar refractivity (Wildman–Crippen MR) is 100 cm³/mol. The Kier molecular flexibility index (Phi) is 4.57. The maximum atomic E-state index is 14.0. The lowest BCUT2D eigenvalue weighted by Crippen LogP contribution is -2.29. The van der Waals surface area contributed by atoms with Crippen LogP contribution < -0.4 is 5.32 Å². The van der Waals surface area contributed by atoms with Crippen molar-refractivity contribution in [3.05, 3.63) is 58.5 Å². The molecule has 138 valence electrons. The first-order valence-corrected chi connectivity index (χ1v) is 9.41. The molecule has 2 aromatic heterocycles. The van der Waals surface area contributed by atoms with Crippen LogP contribution in [-0.4, -0.2) is 46.8 Å². The molecule has 0 aliphatic carbocycles. The van der Waals surface area contributed by atoms with Crippen molar-refractivity contribution >= 4 is 33.5 Å². The van der Waals surface area contributed by atoms with E-state index >= 15 is 0 Å². The summed E-state index contributed by atoms with van der Waals surface area (Å²) in [6.07, 6.45) is 3.88. The van der Waals surface area contributed by atoms with Gasteiger partial charge >= 0.3 is 0 Å². The van der Waals surface area contributed by atoms with Gasteiger partial charge in [0.2, 0.25) is 0 Å². The van der Waals surface area contributed by atoms with E-state index in [0.717, 1.165) is 5.56 Å². The summed E-state index contributed by atoms with van der Waals surface area (Å²) >= 11 is 1.30. The number of carbonyl (C=O) groups is 2. The van der Waals surface area contributed by atoms with E-state index in [1.54, 1.807) is 36.5 Å². The molecule has 1 aromatic carbocycles. The van der Waals surface area contributed by atoms with Crippen molar-refractivity contribution in [2.45, 2.75) is 12.3 Å². The Morgan fingerprint density at radius 2 is 2.04 bits per heavy atom. The van der Waals surface area contributed by atoms with Gasteiger partial charge in [0.15, 0.2) is 0 Å². The second kappa shape index (κ2) is 7.03. The van der Waals surface area contributed by atoms with Gasteiger partial charge in [0.25, 0.3) is 11.8 Å². The van der Waals surface area contributed by atoms with Crippen LogP contribution in [-0.2, 0) is 0 Å². The number of likely N-dealkylation sites (tertiary alicyclic amines) is 1. The van der Waals surface area contributed by atoms with E-state index in [0.29, 0.717) is 34.7 Å². The zero-order chi connectivity index (χ0) is 19.0. The number of nitrogens with zero attached hydrogens (tertiary/aromatic N) is 3. The molecule has 1 N–H and O–H groups in total. The molecule has 8 heteroatoms. The quantitative estimate of drug-likeness (QED) is 0.754. The molecule has 1 saturated heterocycles. The number of halogens is 1. The molecule has 0 bridgehead atoms. The van der Waals surface area contributed by atoms with Gasteiger partial charge in [0, 0.05) is 44.0 Å². The summed E-state index contributed by atoms with van der Waals surface area (Å²) in [7, 11) is 1.58. The van der Waals surface area contributed by atoms with Crippen molar-refractivity contribution in [2.75, 3.05) is 20.1 Å². The molecule has 0 spiro atoms. The van der Waals surface area contributed by atoms with Crippen molar-refractivity contribution in [2.24, 2.45) is 0 Å². The minimum Gasteiger partial charge on any atom is -0.354 e. The highest BCUT2D eigenvalue weighted by Gasteiger charge is 2.34. The van der Waals surface area contributed by atoms with Crippen molar-refractivity contribution in [3.63, 3.8) is 0 Å². The maximum absolute atomic E-state index is 14.0. The summed E-state index contributed by atoms with van der Waals surface area (Å²) in [6, 6.07) is 5.99. The topological polar surface area (TPSA) is 75.2 Å². The number of hydrogen-bond donors (Lipinski definition) is 1. The third-order valence-electron chi connectivity index (χ3n) is 4.78. The summed E-state index contributed by atoms with van der Waals surface area (Å²) < 4.78 is 14.0. The van der Waals surface area contributed by atoms with E-state index < -0.39 is 5.82 Å². The zero-order valence-corrected chi connectivity index (χ0v) is 15.4. The Morgan fingerprint density at radius 1 is 1.26 bits per heavy atom. The molecule has 0 unspecified atom stereocenters. The monoisotopic (exact) mass is 384 g/mol. The maximum Gasteiger partial charge on any atom is 0.261 e. The van der Waals surface area contributed by atoms with Crippen LogP contribution in [0.25, 0.3) is 10.3 Å². The highest BCUT2D eigenvalue weighted by Crippen LogP contribution is 2.38. The fourth-order valence-electron chi connectivity index (χ4n) is 3.49. The van der Waals surface area contributed by atoms with Gasteiger partial charge in [-0.25, -0.2) is 9.37 Å². The van der Waals surface area contributed by atoms with Gasteiger partial charge in [-0.2, -0.15) is 0 Å². The number of hydrogen-bond acceptors (Lipinski definition) is 5. The number of aromatic nitrogens is 2. The van der Waals surface area contributed by atoms with E-state index in [-0.39, 0.29) is 23.3 Å². The molecule has 0 radical (unpaired) electrons. The normalized spacial score (nSPS) is 16.7. The van der Waals surface area contributed by atoms with Crippen molar-refractivity contribution in [3.8, 4) is 0 Å². The molecule has 0 saturated carbocycles. The lowest BCUT2D eigenvalue weighted by molar-refractivity contribution is 0.0786. The lowest BCUT2D eigenvalue weighted by atomic mass is 9.97. The number of benzene rings is 1. The summed E-state index contributed by atoms with van der Waals surface area (Å²) in [5, 5.41) is 2.66. The number of amides is 2. The van der Waals surface area contributed by atoms with Crippen molar-refractivity contribution in [1.29, 1.82) is 0 Å². The third kappa shape index (κ3) is 3.06. The molecule has 2 amide bonds. The second-order valence-corrected chi connectivity index (χ2v) is 7.35. The minimum absolute atomic E-state index is 0.0431. The predicted octanol–water partition coefficient (Wildman–Crippen LogP) is 2.82. The van der Waals surface area contributed by atoms with E-state index in [9.17, 15) is 14.0 Å². The molecule has 1 aliphatic heterocycles. The van der Waals surface area contributed by atoms with Crippen LogP contribution in [0.1, 0.15) is 37.9 Å². The van der Waals surface area contributed by atoms with Crippen molar-refractivity contribution in [1.82, 2.24) is 20.2 Å². The highest BCUT2D eigenvalue weighted by atomic mass is 32.1. The van der Waals surface area contributed by atoms with Gasteiger partial charge in [-0.15, -0.1) is 11.3 Å². The van der Waals surface area contributed by atoms with Gasteiger partial charge in [0.1, 0.15) is 16.2 Å². The molecule has 3 heterocycles. The standard InChI is InChI=1S/C19H17FN4O2S/c1-21-17(25)16-14(15-18(27-16)23-8-7-22-15)11-6-9-24(10-11)19(26)12-4-2-3-5-13(12)20/h2-5,7-8,11H,6,9-10H2,1H3,(H,21,25)/t11-/m0/s1. The molecule has 1 aliphatic rings. The first kappa shape index (κ1) is 17.5. The summed E-state index contributed by atoms with van der Waals surface area (Å²) in [6.45, 7) is 0.919. The third-order valence-corrected chi connectivity index (χ3v) is 5.89. The Labute approximate surface area is 159 Å². The summed E-state index contributed by atoms with van der Waals surface area (Å²) in [4.78, 5) is 36.7. The van der Waals surface area contributed by atoms with Crippen LogP contribution in [0.3, 0.4) is 0 Å². The van der Waals surface area contributed by atoms with Gasteiger partial charge < -0.3 is 10.2 Å². The number of thiophene rings is 1. The average Bonchev–Trinajstić information content (AvgIpc) is 3.31. The number of rotatable bonds is 3. The Morgan fingerprint density at radius 3 is 2.81 bits per heavy atom. The largest absolute Gasteiger partial charge is 0.354 e. The molecular formula is C19H17FN4O2S. The Bertz CT molecular complexity index is 1040. The number of carbonyl (C=O) groups excluding carboxylic acids is 2. The van der Waals surface area contributed by atoms with E-state index in [4.69, 9.17) is 0 Å². The Balaban J connectivity index is 1.67. The first-order valence-electron chi connectivity index (χ1n) is 8.59. The van der Waals surface area contributed by atoms with E-state index in [2.05, 4.69) is 15.3 Å². The minimum atomic E-state index is -0.524. The fraction of sp³-hybridized carbons (Fsp3) is 0.263. The van der Waals surface area contributed by atoms with Crippen LogP contribution in [0.2, 0.25) is 0 Å². The zero-order valence-electron chi connectivity index (χ0n) is 14.6. The lowest BCUT2D eigenvalue weighted by Gasteiger charge is -2.17. The second-order valence-electron chi connectivity index (χ2n) is 6.35. The fourth-order valence-corrected chi connectivity index (χ4v) is 4.62. The van der Waals surface area contributed by atoms with E-state index in [1.165, 1.54) is 23.5 Å². The highest BCUT2D eigenvalue weighted by molar-refractivity contribution is 7.20. The molecule has 4 rings (SSSR count). The summed E-state index contributed by atoms with van der Waals surface area (Å²) in [5.41, 5.74) is 1.59. The van der Waals surface area contributed by atoms with Gasteiger partial charge in [-0.3, -0.25) is 14.6 Å². The number of nitrogens with one attached hydrogen (secondary N) is 1.